The van der Waals surface area contributed by atoms with Crippen molar-refractivity contribution >= 4 is 74.5 Å². The largest absolute Gasteiger partial charge is 0.565 e. The summed E-state index contributed by atoms with van der Waals surface area (Å²) in [5.41, 5.74) is 3.82. The number of aromatic hydroxyl groups is 2. The van der Waals surface area contributed by atoms with Gasteiger partial charge in [0.2, 0.25) is 5.43 Å². The van der Waals surface area contributed by atoms with Gasteiger partial charge in [0.15, 0.2) is 33.6 Å². The highest BCUT2D eigenvalue weighted by molar-refractivity contribution is 8.00. The maximum absolute atomic E-state index is 13.7. The minimum Gasteiger partial charge on any atom is -0.560 e. The van der Waals surface area contributed by atoms with Gasteiger partial charge >= 0.3 is 5.97 Å². The Morgan fingerprint density at radius 2 is 1.85 bits per heavy atom. The number of oxime groups is 1. The number of aliphatic carboxylic acids is 1. The van der Waals surface area contributed by atoms with Crippen LogP contribution in [0.3, 0.4) is 0 Å². The number of aromatic nitrogens is 2. The molecule has 326 valence electrons. The number of hydrogen-bond donors (Lipinski definition) is 5. The number of thiazole rings is 1. The molecule has 1 aromatic carbocycles. The number of carbonyl (C=O) groups is 5. The number of carboxylic acid groups (broad SMARTS) is 1. The van der Waals surface area contributed by atoms with Crippen molar-refractivity contribution in [1.29, 1.82) is 0 Å². The van der Waals surface area contributed by atoms with Gasteiger partial charge in [0.05, 0.1) is 16.9 Å². The standard InChI is InChI=1S/C41H49N7O11S2/c1-19-22(31(37(55)56)48-35(54)30(36(48)61-19)45-34(53)29(25-17-60-39(42)44-25)46-59-40(2,3)38(57)58)8-7-21-10-13-41(11-5-6-20(21)9-12-41)18-43-33(52)24-16-47(4)26-15-28(50)27(49)14-23(26)32(24)51/h14-17,19-21,30,36,49-50H,5-13,18H2,1-4H3,(H2,42,44)(H,43,52)(H,45,53)(H,55,56)(H,57,58)/b46-29-/t19-,20?,21?,30+,36+,41?/m0/s1. The molecule has 0 spiro atoms. The monoisotopic (exact) mass is 879 g/mol. The summed E-state index contributed by atoms with van der Waals surface area (Å²) in [7, 11) is 1.66. The summed E-state index contributed by atoms with van der Waals surface area (Å²) in [4.78, 5) is 89.0. The van der Waals surface area contributed by atoms with Crippen LogP contribution >= 0.6 is 23.1 Å². The molecule has 3 unspecified atom stereocenters. The molecule has 3 amide bonds. The van der Waals surface area contributed by atoms with Crippen LogP contribution in [0.2, 0.25) is 0 Å². The second kappa shape index (κ2) is 16.7. The summed E-state index contributed by atoms with van der Waals surface area (Å²) in [6.45, 7) is 4.70. The number of rotatable bonds is 13. The van der Waals surface area contributed by atoms with Gasteiger partial charge in [-0.2, -0.15) is 0 Å². The number of carbonyl (C=O) groups excluding carboxylic acids is 5. The third-order valence-corrected chi connectivity index (χ3v) is 14.9. The van der Waals surface area contributed by atoms with E-state index in [1.807, 2.05) is 6.92 Å². The van der Waals surface area contributed by atoms with Crippen molar-refractivity contribution in [3.05, 3.63) is 56.5 Å². The zero-order valence-electron chi connectivity index (χ0n) is 34.1. The summed E-state index contributed by atoms with van der Waals surface area (Å²) in [5, 5.41) is 49.9. The van der Waals surface area contributed by atoms with Crippen LogP contribution in [0.5, 0.6) is 11.5 Å². The Kier molecular flexibility index (Phi) is 11.9. The fourth-order valence-corrected chi connectivity index (χ4v) is 11.2. The molecule has 0 radical (unpaired) electrons. The molecule has 2 bridgehead atoms. The van der Waals surface area contributed by atoms with Gasteiger partial charge in [0, 0.05) is 41.3 Å². The van der Waals surface area contributed by atoms with Gasteiger partial charge in [-0.05, 0) is 94.6 Å². The second-order valence-electron chi connectivity index (χ2n) is 17.0. The fourth-order valence-electron chi connectivity index (χ4n) is 9.16. The van der Waals surface area contributed by atoms with E-state index >= 15 is 0 Å². The average molecular weight is 880 g/mol. The first-order valence-corrected chi connectivity index (χ1v) is 21.9. The number of nitrogens with two attached hydrogens (primary N) is 1. The molecule has 2 saturated carbocycles. The first-order valence-electron chi connectivity index (χ1n) is 20.1. The van der Waals surface area contributed by atoms with E-state index in [0.717, 1.165) is 62.7 Å². The number of β-lactam (4-membered cyclic amide) rings is 1. The van der Waals surface area contributed by atoms with Crippen LogP contribution in [0.15, 0.2) is 44.9 Å². The fraction of sp³-hybridized carbons (Fsp3) is 0.512. The highest BCUT2D eigenvalue weighted by Crippen LogP contribution is 2.51. The van der Waals surface area contributed by atoms with E-state index in [9.17, 15) is 44.1 Å². The summed E-state index contributed by atoms with van der Waals surface area (Å²) in [6.07, 6.45) is 9.20. The number of thioether (sulfide) groups is 1. The number of nitrogens with zero attached hydrogens (tertiary/aromatic N) is 4. The third kappa shape index (κ3) is 8.38. The lowest BCUT2D eigenvalue weighted by Crippen LogP contribution is -2.71. The maximum atomic E-state index is 13.7. The van der Waals surface area contributed by atoms with Crippen LogP contribution in [0.1, 0.15) is 94.6 Å². The smallest absolute Gasteiger partial charge is 0.560 e. The molecular formula is C41H49N7O11S2. The van der Waals surface area contributed by atoms with Crippen molar-refractivity contribution in [1.82, 2.24) is 25.1 Å². The van der Waals surface area contributed by atoms with Crippen molar-refractivity contribution in [3.8, 4) is 11.5 Å². The quantitative estimate of drug-likeness (QED) is 0.0539. The Morgan fingerprint density at radius 1 is 1.13 bits per heavy atom. The number of hydrogen-bond acceptors (Lipinski definition) is 15. The number of amides is 3. The average Bonchev–Trinajstić information content (AvgIpc) is 3.41. The Morgan fingerprint density at radius 3 is 2.54 bits per heavy atom. The molecule has 6 atom stereocenters. The van der Waals surface area contributed by atoms with E-state index in [1.54, 1.807) is 11.6 Å². The Hall–Kier alpha value is -5.63. The predicted molar refractivity (Wildman–Crippen MR) is 224 cm³/mol. The Bertz CT molecular complexity index is 2440. The third-order valence-electron chi connectivity index (χ3n) is 12.7. The van der Waals surface area contributed by atoms with Crippen molar-refractivity contribution in [2.24, 2.45) is 29.5 Å². The van der Waals surface area contributed by atoms with Crippen LogP contribution < -0.4 is 26.9 Å². The van der Waals surface area contributed by atoms with E-state index in [-0.39, 0.29) is 43.9 Å². The highest BCUT2D eigenvalue weighted by atomic mass is 32.2. The molecule has 8 N–H and O–H groups in total. The molecule has 2 aliphatic heterocycles. The van der Waals surface area contributed by atoms with Crippen molar-refractivity contribution < 1.29 is 49.2 Å². The molecule has 18 nitrogen and oxygen atoms in total. The number of fused-ring (bicyclic) bond motifs is 5. The summed E-state index contributed by atoms with van der Waals surface area (Å²) in [5.74, 6) is -4.61. The zero-order chi connectivity index (χ0) is 44.1. The molecule has 2 aliphatic carbocycles. The first-order chi connectivity index (χ1) is 28.8. The molecule has 1 saturated heterocycles. The summed E-state index contributed by atoms with van der Waals surface area (Å²) >= 11 is 2.41. The van der Waals surface area contributed by atoms with Gasteiger partial charge < -0.3 is 51.0 Å². The summed E-state index contributed by atoms with van der Waals surface area (Å²) in [6, 6.07) is 1.36. The lowest BCUT2D eigenvalue weighted by atomic mass is 9.74. The first kappa shape index (κ1) is 43.5. The van der Waals surface area contributed by atoms with Crippen LogP contribution in [0, 0.1) is 17.3 Å². The van der Waals surface area contributed by atoms with Gasteiger partial charge in [0.25, 0.3) is 17.7 Å². The van der Waals surface area contributed by atoms with Gasteiger partial charge in [-0.3, -0.25) is 24.1 Å². The number of carboxylic acids is 1. The number of aryl methyl sites for hydroxylation is 1. The Balaban J connectivity index is 1.02. The van der Waals surface area contributed by atoms with Gasteiger partial charge in [-0.25, -0.2) is 4.98 Å². The van der Waals surface area contributed by atoms with Gasteiger partial charge in [0.1, 0.15) is 22.7 Å². The van der Waals surface area contributed by atoms with Crippen LogP contribution in [-0.4, -0.2) is 94.0 Å². The number of phenolic OH excluding ortho intramolecular Hbond substituents is 2. The predicted octanol–water partition coefficient (Wildman–Crippen LogP) is 1.72. The normalized spacial score (nSPS) is 25.3. The Labute approximate surface area is 358 Å². The molecule has 3 fully saturated rings. The molecule has 61 heavy (non-hydrogen) atoms. The SMILES string of the molecule is C[C@@H]1S[C@@H]2[C@H](NC(=O)/C(=N\OC(C)(C)C(=O)[O-])c3csc(N)n3)C(=O)N2C(C(=O)[OH2+])=C1CCC1CCC2(CNC(=O)c3cn(C)c4cc(O)c(O)cc4c3=O)CCCC1CC2. The molecule has 20 heteroatoms. The minimum absolute atomic E-state index is 0.00363. The highest BCUT2D eigenvalue weighted by Gasteiger charge is 2.57. The lowest BCUT2D eigenvalue weighted by molar-refractivity contribution is -0.325. The van der Waals surface area contributed by atoms with Gasteiger partial charge in [-0.15, -0.1) is 23.1 Å². The molecule has 4 heterocycles. The van der Waals surface area contributed by atoms with Crippen molar-refractivity contribution in [2.75, 3.05) is 12.3 Å². The number of nitrogen functional groups attached to an aromatic ring is 1. The molecule has 2 aromatic heterocycles. The molecule has 3 aromatic rings. The van der Waals surface area contributed by atoms with Crippen molar-refractivity contribution in [3.63, 3.8) is 0 Å². The molecule has 4 aliphatic rings. The topological polar surface area (TPSA) is 282 Å². The van der Waals surface area contributed by atoms with E-state index in [0.29, 0.717) is 35.9 Å². The van der Waals surface area contributed by atoms with E-state index in [1.165, 1.54) is 54.2 Å². The summed E-state index contributed by atoms with van der Waals surface area (Å²) < 4.78 is 1.57. The molecular weight excluding hydrogens is 831 g/mol. The van der Waals surface area contributed by atoms with Crippen LogP contribution in [-0.2, 0) is 31.1 Å². The number of nitrogens with one attached hydrogen (secondary N) is 2. The maximum Gasteiger partial charge on any atom is 0.565 e. The number of benzene rings is 1. The van der Waals surface area contributed by atoms with E-state index < -0.39 is 63.6 Å². The van der Waals surface area contributed by atoms with Crippen LogP contribution in [0.4, 0.5) is 5.13 Å². The lowest BCUT2D eigenvalue weighted by Gasteiger charge is -2.50. The number of phenols is 2. The van der Waals surface area contributed by atoms with E-state index in [4.69, 9.17) is 15.7 Å². The number of pyridine rings is 1. The van der Waals surface area contributed by atoms with Crippen molar-refractivity contribution in [2.45, 2.75) is 101 Å². The van der Waals surface area contributed by atoms with Gasteiger partial charge in [-0.1, -0.05) is 18.0 Å². The minimum atomic E-state index is -1.90. The molecule has 7 rings (SSSR count). The number of anilines is 1. The van der Waals surface area contributed by atoms with Crippen LogP contribution in [0.25, 0.3) is 10.9 Å². The van der Waals surface area contributed by atoms with E-state index in [2.05, 4.69) is 20.8 Å². The second-order valence-corrected chi connectivity index (χ2v) is 19.3. The zero-order valence-corrected chi connectivity index (χ0v) is 35.7.